The van der Waals surface area contributed by atoms with E-state index in [2.05, 4.69) is 15.3 Å². The van der Waals surface area contributed by atoms with Gasteiger partial charge in [0, 0.05) is 22.8 Å². The summed E-state index contributed by atoms with van der Waals surface area (Å²) in [4.78, 5) is 19.2. The molecule has 0 aliphatic carbocycles. The lowest BCUT2D eigenvalue weighted by Crippen LogP contribution is -2.23. The number of fused-ring (bicyclic) bond motifs is 1. The average molecular weight is 306 g/mol. The zero-order valence-electron chi connectivity index (χ0n) is 12.5. The molecule has 0 bridgehead atoms. The van der Waals surface area contributed by atoms with Crippen LogP contribution in [-0.2, 0) is 6.54 Å². The van der Waals surface area contributed by atoms with Crippen LogP contribution in [0.1, 0.15) is 21.7 Å². The first-order valence-corrected chi connectivity index (χ1v) is 6.99. The number of ether oxygens (including phenoxy) is 1. The molecule has 3 aromatic rings. The van der Waals surface area contributed by atoms with Gasteiger partial charge in [0.05, 0.1) is 19.2 Å². The third-order valence-electron chi connectivity index (χ3n) is 3.46. The monoisotopic (exact) mass is 306 g/mol. The van der Waals surface area contributed by atoms with Crippen LogP contribution < -0.4 is 10.1 Å². The zero-order chi connectivity index (χ0) is 16.2. The van der Waals surface area contributed by atoms with Crippen molar-refractivity contribution in [1.29, 1.82) is 5.26 Å². The molecule has 6 heteroatoms. The molecule has 0 fully saturated rings. The van der Waals surface area contributed by atoms with Crippen molar-refractivity contribution in [3.63, 3.8) is 0 Å². The van der Waals surface area contributed by atoms with Gasteiger partial charge in [-0.1, -0.05) is 0 Å². The van der Waals surface area contributed by atoms with Gasteiger partial charge < -0.3 is 15.0 Å². The van der Waals surface area contributed by atoms with Crippen LogP contribution in [0.15, 0.2) is 42.6 Å². The number of benzene rings is 1. The van der Waals surface area contributed by atoms with Crippen LogP contribution in [0, 0.1) is 11.3 Å². The van der Waals surface area contributed by atoms with Crippen molar-refractivity contribution in [2.75, 3.05) is 7.11 Å². The highest BCUT2D eigenvalue weighted by Gasteiger charge is 2.08. The Morgan fingerprint density at radius 2 is 2.22 bits per heavy atom. The number of rotatable bonds is 4. The number of aromatic amines is 1. The minimum atomic E-state index is -0.238. The average Bonchev–Trinajstić information content (AvgIpc) is 3.01. The number of carbonyl (C=O) groups excluding carboxylic acids is 1. The van der Waals surface area contributed by atoms with Crippen molar-refractivity contribution >= 4 is 16.8 Å². The molecule has 0 unspecified atom stereocenters. The molecular weight excluding hydrogens is 292 g/mol. The van der Waals surface area contributed by atoms with Gasteiger partial charge in [-0.2, -0.15) is 5.26 Å². The van der Waals surface area contributed by atoms with Gasteiger partial charge in [-0.15, -0.1) is 0 Å². The van der Waals surface area contributed by atoms with Gasteiger partial charge in [0.2, 0.25) is 0 Å². The van der Waals surface area contributed by atoms with Gasteiger partial charge in [0.25, 0.3) is 5.91 Å². The highest BCUT2D eigenvalue weighted by atomic mass is 16.5. The second kappa shape index (κ2) is 6.20. The Labute approximate surface area is 132 Å². The molecule has 2 heterocycles. The number of nitrogens with zero attached hydrogens (tertiary/aromatic N) is 2. The lowest BCUT2D eigenvalue weighted by molar-refractivity contribution is 0.0950. The van der Waals surface area contributed by atoms with E-state index in [0.717, 1.165) is 22.3 Å². The number of aromatic nitrogens is 2. The van der Waals surface area contributed by atoms with Crippen LogP contribution >= 0.6 is 0 Å². The fraction of sp³-hybridized carbons (Fsp3) is 0.118. The minimum absolute atomic E-state index is 0.238. The van der Waals surface area contributed by atoms with Crippen molar-refractivity contribution < 1.29 is 9.53 Å². The predicted molar refractivity (Wildman–Crippen MR) is 85.0 cm³/mol. The first-order chi connectivity index (χ1) is 11.2. The van der Waals surface area contributed by atoms with Gasteiger partial charge in [-0.3, -0.25) is 4.79 Å². The van der Waals surface area contributed by atoms with E-state index in [1.54, 1.807) is 13.2 Å². The maximum absolute atomic E-state index is 12.1. The van der Waals surface area contributed by atoms with Gasteiger partial charge in [-0.25, -0.2) is 4.98 Å². The van der Waals surface area contributed by atoms with Crippen LogP contribution in [0.4, 0.5) is 0 Å². The molecular formula is C17H14N4O2. The third-order valence-corrected chi connectivity index (χ3v) is 3.46. The Hall–Kier alpha value is -3.33. The predicted octanol–water partition coefficient (Wildman–Crippen LogP) is 2.37. The SMILES string of the molecule is COc1ccc2[nH]c(CNC(=O)c3ccc(C#N)nc3)cc2c1. The molecule has 6 nitrogen and oxygen atoms in total. The summed E-state index contributed by atoms with van der Waals surface area (Å²) in [7, 11) is 1.63. The number of H-pyrrole nitrogens is 1. The van der Waals surface area contributed by atoms with Crippen LogP contribution in [0.2, 0.25) is 0 Å². The quantitative estimate of drug-likeness (QED) is 0.774. The van der Waals surface area contributed by atoms with E-state index in [9.17, 15) is 4.79 Å². The van der Waals surface area contributed by atoms with Gasteiger partial charge in [0.1, 0.15) is 17.5 Å². The standard InChI is InChI=1S/C17H14N4O2/c1-23-15-4-5-16-12(7-15)6-14(21-16)10-20-17(22)11-2-3-13(8-18)19-9-11/h2-7,9,21H,10H2,1H3,(H,20,22). The fourth-order valence-electron chi connectivity index (χ4n) is 2.26. The van der Waals surface area contributed by atoms with Crippen LogP contribution in [0.3, 0.4) is 0 Å². The van der Waals surface area contributed by atoms with E-state index in [-0.39, 0.29) is 11.6 Å². The molecule has 0 saturated carbocycles. The molecule has 0 atom stereocenters. The lowest BCUT2D eigenvalue weighted by Gasteiger charge is -2.03. The van der Waals surface area contributed by atoms with E-state index < -0.39 is 0 Å². The molecule has 0 aliphatic heterocycles. The summed E-state index contributed by atoms with van der Waals surface area (Å²) in [6.45, 7) is 0.371. The Bertz CT molecular complexity index is 891. The number of hydrogen-bond donors (Lipinski definition) is 2. The van der Waals surface area contributed by atoms with Crippen molar-refractivity contribution in [1.82, 2.24) is 15.3 Å². The normalized spacial score (nSPS) is 10.3. The van der Waals surface area contributed by atoms with Gasteiger partial charge in [0.15, 0.2) is 0 Å². The fourth-order valence-corrected chi connectivity index (χ4v) is 2.26. The number of carbonyl (C=O) groups is 1. The lowest BCUT2D eigenvalue weighted by atomic mass is 10.2. The Morgan fingerprint density at radius 3 is 2.91 bits per heavy atom. The molecule has 0 radical (unpaired) electrons. The van der Waals surface area contributed by atoms with Crippen molar-refractivity contribution in [2.45, 2.75) is 6.54 Å². The molecule has 1 aromatic carbocycles. The van der Waals surface area contributed by atoms with Crippen LogP contribution in [0.25, 0.3) is 10.9 Å². The molecule has 0 aliphatic rings. The van der Waals surface area contributed by atoms with Crippen molar-refractivity contribution in [3.8, 4) is 11.8 Å². The molecule has 2 N–H and O–H groups in total. The first kappa shape index (κ1) is 14.6. The first-order valence-electron chi connectivity index (χ1n) is 6.99. The largest absolute Gasteiger partial charge is 0.497 e. The number of amides is 1. The van der Waals surface area contributed by atoms with E-state index in [4.69, 9.17) is 10.00 Å². The molecule has 114 valence electrons. The maximum Gasteiger partial charge on any atom is 0.253 e. The second-order valence-electron chi connectivity index (χ2n) is 4.97. The van der Waals surface area contributed by atoms with E-state index in [0.29, 0.717) is 12.1 Å². The number of hydrogen-bond acceptors (Lipinski definition) is 4. The summed E-state index contributed by atoms with van der Waals surface area (Å²) in [6, 6.07) is 12.7. The Balaban J connectivity index is 1.69. The molecule has 23 heavy (non-hydrogen) atoms. The van der Waals surface area contributed by atoms with Crippen LogP contribution in [-0.4, -0.2) is 23.0 Å². The third kappa shape index (κ3) is 3.14. The van der Waals surface area contributed by atoms with Crippen LogP contribution in [0.5, 0.6) is 5.75 Å². The topological polar surface area (TPSA) is 90.8 Å². The van der Waals surface area contributed by atoms with Gasteiger partial charge in [-0.05, 0) is 36.4 Å². The summed E-state index contributed by atoms with van der Waals surface area (Å²) in [5.41, 5.74) is 2.58. The molecule has 3 rings (SSSR count). The second-order valence-corrected chi connectivity index (χ2v) is 4.97. The molecule has 1 amide bonds. The summed E-state index contributed by atoms with van der Waals surface area (Å²) >= 11 is 0. The Morgan fingerprint density at radius 1 is 1.35 bits per heavy atom. The number of methoxy groups -OCH3 is 1. The summed E-state index contributed by atoms with van der Waals surface area (Å²) < 4.78 is 5.19. The van der Waals surface area contributed by atoms with Crippen molar-refractivity contribution in [3.05, 3.63) is 59.5 Å². The molecule has 0 saturated heterocycles. The minimum Gasteiger partial charge on any atom is -0.497 e. The highest BCUT2D eigenvalue weighted by Crippen LogP contribution is 2.21. The number of nitrogens with one attached hydrogen (secondary N) is 2. The smallest absolute Gasteiger partial charge is 0.253 e. The van der Waals surface area contributed by atoms with E-state index in [1.807, 2.05) is 30.3 Å². The number of pyridine rings is 1. The zero-order valence-corrected chi connectivity index (χ0v) is 12.5. The molecule has 2 aromatic heterocycles. The maximum atomic E-state index is 12.1. The Kier molecular flexibility index (Phi) is 3.93. The summed E-state index contributed by atoms with van der Waals surface area (Å²) in [5, 5.41) is 12.5. The van der Waals surface area contributed by atoms with Crippen molar-refractivity contribution in [2.24, 2.45) is 0 Å². The van der Waals surface area contributed by atoms with Gasteiger partial charge >= 0.3 is 0 Å². The number of nitriles is 1. The van der Waals surface area contributed by atoms with E-state index >= 15 is 0 Å². The summed E-state index contributed by atoms with van der Waals surface area (Å²) in [6.07, 6.45) is 1.39. The van der Waals surface area contributed by atoms with E-state index in [1.165, 1.54) is 12.3 Å². The summed E-state index contributed by atoms with van der Waals surface area (Å²) in [5.74, 6) is 0.550. The highest BCUT2D eigenvalue weighted by molar-refractivity contribution is 5.94. The molecule has 0 spiro atoms.